The highest BCUT2D eigenvalue weighted by molar-refractivity contribution is 5.85. The first-order chi connectivity index (χ1) is 10.2. The molecule has 22 heavy (non-hydrogen) atoms. The van der Waals surface area contributed by atoms with Crippen LogP contribution >= 0.6 is 12.4 Å². The fourth-order valence-electron chi connectivity index (χ4n) is 2.21. The van der Waals surface area contributed by atoms with E-state index in [9.17, 15) is 4.79 Å². The van der Waals surface area contributed by atoms with Gasteiger partial charge < -0.3 is 10.6 Å². The van der Waals surface area contributed by atoms with E-state index in [4.69, 9.17) is 5.73 Å². The van der Waals surface area contributed by atoms with E-state index in [1.54, 1.807) is 0 Å². The molecule has 0 unspecified atom stereocenters. The van der Waals surface area contributed by atoms with Crippen LogP contribution in [-0.2, 0) is 17.8 Å². The predicted molar refractivity (Wildman–Crippen MR) is 89.8 cm³/mol. The van der Waals surface area contributed by atoms with Gasteiger partial charge in [-0.25, -0.2) is 0 Å². The Morgan fingerprint density at radius 3 is 2.64 bits per heavy atom. The smallest absolute Gasteiger partial charge is 0.228 e. The van der Waals surface area contributed by atoms with E-state index in [0.29, 0.717) is 26.1 Å². The Labute approximate surface area is 137 Å². The number of nitrogens with two attached hydrogens (primary N) is 1. The van der Waals surface area contributed by atoms with Gasteiger partial charge >= 0.3 is 0 Å². The first-order valence-corrected chi connectivity index (χ1v) is 7.21. The highest BCUT2D eigenvalue weighted by atomic mass is 35.5. The van der Waals surface area contributed by atoms with Gasteiger partial charge in [0.1, 0.15) is 0 Å². The van der Waals surface area contributed by atoms with E-state index >= 15 is 0 Å². The average molecular weight is 323 g/mol. The summed E-state index contributed by atoms with van der Waals surface area (Å²) < 4.78 is 0. The Hall–Kier alpha value is -1.85. The number of amides is 1. The third kappa shape index (κ3) is 5.50. The molecular formula is C16H23ClN4O. The molecular weight excluding hydrogens is 300 g/mol. The zero-order chi connectivity index (χ0) is 15.1. The lowest BCUT2D eigenvalue weighted by molar-refractivity contribution is -0.131. The van der Waals surface area contributed by atoms with Gasteiger partial charge in [0.15, 0.2) is 0 Å². The van der Waals surface area contributed by atoms with Gasteiger partial charge in [-0.15, -0.1) is 12.4 Å². The van der Waals surface area contributed by atoms with Crippen LogP contribution in [0.4, 0.5) is 0 Å². The summed E-state index contributed by atoms with van der Waals surface area (Å²) in [4.78, 5) is 14.3. The standard InChI is InChI=1S/C16H22N4O.ClH/c1-13-10-15(19-18-13)11-16(21)20(9-5-8-17)12-14-6-3-2-4-7-14;/h2-4,6-7,10H,5,8-9,11-12,17H2,1H3,(H,18,19);1H. The highest BCUT2D eigenvalue weighted by Gasteiger charge is 2.15. The molecule has 2 rings (SSSR count). The predicted octanol–water partition coefficient (Wildman–Crippen LogP) is 2.06. The third-order valence-corrected chi connectivity index (χ3v) is 3.29. The molecule has 6 heteroatoms. The monoisotopic (exact) mass is 322 g/mol. The Bertz CT molecular complexity index is 571. The minimum atomic E-state index is 0. The lowest BCUT2D eigenvalue weighted by atomic mass is 10.2. The average Bonchev–Trinajstić information content (AvgIpc) is 2.89. The number of halogens is 1. The van der Waals surface area contributed by atoms with E-state index in [-0.39, 0.29) is 18.3 Å². The molecule has 0 saturated carbocycles. The van der Waals surface area contributed by atoms with E-state index < -0.39 is 0 Å². The molecule has 0 atom stereocenters. The quantitative estimate of drug-likeness (QED) is 0.819. The van der Waals surface area contributed by atoms with Crippen molar-refractivity contribution in [1.82, 2.24) is 15.1 Å². The molecule has 5 nitrogen and oxygen atoms in total. The molecule has 1 aromatic carbocycles. The summed E-state index contributed by atoms with van der Waals surface area (Å²) in [5.74, 6) is 0.0822. The zero-order valence-electron chi connectivity index (χ0n) is 12.8. The topological polar surface area (TPSA) is 75.0 Å². The summed E-state index contributed by atoms with van der Waals surface area (Å²) in [6, 6.07) is 11.9. The molecule has 0 aliphatic carbocycles. The normalized spacial score (nSPS) is 10.1. The molecule has 0 aliphatic heterocycles. The Balaban J connectivity index is 0.00000242. The second-order valence-corrected chi connectivity index (χ2v) is 5.16. The minimum absolute atomic E-state index is 0. The van der Waals surface area contributed by atoms with Crippen LogP contribution in [0.15, 0.2) is 36.4 Å². The van der Waals surface area contributed by atoms with Crippen LogP contribution in [0.3, 0.4) is 0 Å². The molecule has 1 aromatic heterocycles. The van der Waals surface area contributed by atoms with E-state index in [0.717, 1.165) is 23.4 Å². The van der Waals surface area contributed by atoms with Crippen molar-refractivity contribution in [2.45, 2.75) is 26.3 Å². The summed E-state index contributed by atoms with van der Waals surface area (Å²) >= 11 is 0. The number of carbonyl (C=O) groups is 1. The summed E-state index contributed by atoms with van der Waals surface area (Å²) in [6.07, 6.45) is 1.12. The Morgan fingerprint density at radius 1 is 1.32 bits per heavy atom. The van der Waals surface area contributed by atoms with Crippen molar-refractivity contribution in [2.24, 2.45) is 5.73 Å². The van der Waals surface area contributed by atoms with Crippen molar-refractivity contribution in [1.29, 1.82) is 0 Å². The summed E-state index contributed by atoms with van der Waals surface area (Å²) in [6.45, 7) is 3.80. The van der Waals surface area contributed by atoms with Crippen molar-refractivity contribution in [2.75, 3.05) is 13.1 Å². The molecule has 120 valence electrons. The second-order valence-electron chi connectivity index (χ2n) is 5.16. The maximum absolute atomic E-state index is 12.5. The molecule has 3 N–H and O–H groups in total. The Morgan fingerprint density at radius 2 is 2.05 bits per heavy atom. The van der Waals surface area contributed by atoms with Crippen LogP contribution in [0.2, 0.25) is 0 Å². The number of carbonyl (C=O) groups excluding carboxylic acids is 1. The third-order valence-electron chi connectivity index (χ3n) is 3.29. The largest absolute Gasteiger partial charge is 0.338 e. The van der Waals surface area contributed by atoms with Gasteiger partial charge in [-0.1, -0.05) is 30.3 Å². The fourth-order valence-corrected chi connectivity index (χ4v) is 2.21. The lowest BCUT2D eigenvalue weighted by Gasteiger charge is -2.22. The van der Waals surface area contributed by atoms with Gasteiger partial charge in [0.25, 0.3) is 0 Å². The first-order valence-electron chi connectivity index (χ1n) is 7.21. The van der Waals surface area contributed by atoms with Crippen molar-refractivity contribution in [3.63, 3.8) is 0 Å². The van der Waals surface area contributed by atoms with Gasteiger partial charge in [-0.3, -0.25) is 9.89 Å². The number of nitrogens with zero attached hydrogens (tertiary/aromatic N) is 2. The van der Waals surface area contributed by atoms with Gasteiger partial charge in [-0.05, 0) is 31.5 Å². The number of rotatable bonds is 7. The van der Waals surface area contributed by atoms with Gasteiger partial charge in [0, 0.05) is 18.8 Å². The molecule has 2 aromatic rings. The minimum Gasteiger partial charge on any atom is -0.338 e. The lowest BCUT2D eigenvalue weighted by Crippen LogP contribution is -2.33. The number of benzene rings is 1. The number of H-pyrrole nitrogens is 1. The van der Waals surface area contributed by atoms with Crippen LogP contribution < -0.4 is 5.73 Å². The van der Waals surface area contributed by atoms with Crippen LogP contribution in [0, 0.1) is 6.92 Å². The van der Waals surface area contributed by atoms with Gasteiger partial charge in [-0.2, -0.15) is 5.10 Å². The summed E-state index contributed by atoms with van der Waals surface area (Å²) in [7, 11) is 0. The number of aryl methyl sites for hydroxylation is 1. The van der Waals surface area contributed by atoms with Crippen molar-refractivity contribution in [3.05, 3.63) is 53.3 Å². The highest BCUT2D eigenvalue weighted by Crippen LogP contribution is 2.08. The summed E-state index contributed by atoms with van der Waals surface area (Å²) in [5, 5.41) is 6.99. The van der Waals surface area contributed by atoms with Crippen LogP contribution in [-0.4, -0.2) is 34.1 Å². The molecule has 0 saturated heterocycles. The molecule has 0 aliphatic rings. The molecule has 0 radical (unpaired) electrons. The fraction of sp³-hybridized carbons (Fsp3) is 0.375. The zero-order valence-corrected chi connectivity index (χ0v) is 13.6. The summed E-state index contributed by atoms with van der Waals surface area (Å²) in [5.41, 5.74) is 8.44. The van der Waals surface area contributed by atoms with E-state index in [1.807, 2.05) is 48.2 Å². The van der Waals surface area contributed by atoms with Crippen molar-refractivity contribution < 1.29 is 4.79 Å². The second kappa shape index (κ2) is 9.23. The van der Waals surface area contributed by atoms with Crippen LogP contribution in [0.25, 0.3) is 0 Å². The van der Waals surface area contributed by atoms with Gasteiger partial charge in [0.05, 0.1) is 12.1 Å². The van der Waals surface area contributed by atoms with Crippen molar-refractivity contribution >= 4 is 18.3 Å². The van der Waals surface area contributed by atoms with Crippen LogP contribution in [0.1, 0.15) is 23.4 Å². The molecule has 0 bridgehead atoms. The van der Waals surface area contributed by atoms with Gasteiger partial charge in [0.2, 0.25) is 5.91 Å². The van der Waals surface area contributed by atoms with E-state index in [1.165, 1.54) is 0 Å². The first kappa shape index (κ1) is 18.2. The molecule has 0 spiro atoms. The van der Waals surface area contributed by atoms with Crippen molar-refractivity contribution in [3.8, 4) is 0 Å². The SMILES string of the molecule is Cc1cc(CC(=O)N(CCCN)Cc2ccccc2)n[nH]1.Cl. The number of hydrogen-bond acceptors (Lipinski definition) is 3. The number of hydrogen-bond donors (Lipinski definition) is 2. The number of aromatic amines is 1. The maximum Gasteiger partial charge on any atom is 0.228 e. The Kier molecular flexibility index (Phi) is 7.63. The number of nitrogens with one attached hydrogen (secondary N) is 1. The van der Waals surface area contributed by atoms with E-state index in [2.05, 4.69) is 10.2 Å². The van der Waals surface area contributed by atoms with Crippen LogP contribution in [0.5, 0.6) is 0 Å². The maximum atomic E-state index is 12.5. The molecule has 1 heterocycles. The molecule has 0 fully saturated rings. The number of aromatic nitrogens is 2. The molecule has 1 amide bonds.